The number of benzene rings is 1. The number of quaternary nitrogens is 1. The first-order valence-corrected chi connectivity index (χ1v) is 7.81. The molecule has 0 aliphatic carbocycles. The molecule has 0 saturated heterocycles. The molecule has 1 aromatic carbocycles. The maximum absolute atomic E-state index is 6.41. The molecule has 2 heterocycles. The summed E-state index contributed by atoms with van der Waals surface area (Å²) in [6, 6.07) is 10.3. The van der Waals surface area contributed by atoms with E-state index < -0.39 is 0 Å². The van der Waals surface area contributed by atoms with Crippen molar-refractivity contribution in [2.24, 2.45) is 0 Å². The van der Waals surface area contributed by atoms with Crippen LogP contribution < -0.4 is 4.90 Å². The topological polar surface area (TPSA) is 30.5 Å². The number of nitrogens with zero attached hydrogens (tertiary/aromatic N) is 1. The molecule has 0 spiro atoms. The van der Waals surface area contributed by atoms with E-state index in [1.807, 2.05) is 12.1 Å². The average Bonchev–Trinajstić information content (AvgIpc) is 2.97. The summed E-state index contributed by atoms with van der Waals surface area (Å²) < 4.78 is 5.40. The summed E-state index contributed by atoms with van der Waals surface area (Å²) in [5.41, 5.74) is 4.51. The molecule has 3 rings (SSSR count). The molecule has 2 aromatic heterocycles. The molecule has 3 nitrogen and oxygen atoms in total. The van der Waals surface area contributed by atoms with Gasteiger partial charge in [0.25, 0.3) is 0 Å². The van der Waals surface area contributed by atoms with E-state index >= 15 is 0 Å². The van der Waals surface area contributed by atoms with E-state index in [1.165, 1.54) is 16.0 Å². The van der Waals surface area contributed by atoms with Crippen LogP contribution in [0.1, 0.15) is 22.5 Å². The summed E-state index contributed by atoms with van der Waals surface area (Å²) in [7, 11) is 2.13. The Labute approximate surface area is 135 Å². The lowest BCUT2D eigenvalue weighted by molar-refractivity contribution is -0.908. The fraction of sp³-hybridized carbons (Fsp3) is 0.278. The smallest absolute Gasteiger partial charge is 0.157 e. The number of furan rings is 1. The SMILES string of the molecule is Cc1ccc2cc(C[NH+](C)Cc3ccco3)c(Cl)nc2c1C. The van der Waals surface area contributed by atoms with Crippen molar-refractivity contribution in [3.05, 3.63) is 64.2 Å². The van der Waals surface area contributed by atoms with Gasteiger partial charge in [0.15, 0.2) is 5.76 Å². The van der Waals surface area contributed by atoms with Crippen LogP contribution in [0.25, 0.3) is 10.9 Å². The molecule has 114 valence electrons. The molecule has 0 aliphatic rings. The molecule has 0 saturated carbocycles. The van der Waals surface area contributed by atoms with E-state index in [4.69, 9.17) is 16.0 Å². The summed E-state index contributed by atoms with van der Waals surface area (Å²) >= 11 is 6.41. The van der Waals surface area contributed by atoms with Gasteiger partial charge < -0.3 is 9.32 Å². The minimum Gasteiger partial charge on any atom is -0.463 e. The second kappa shape index (κ2) is 6.11. The van der Waals surface area contributed by atoms with Gasteiger partial charge in [-0.15, -0.1) is 0 Å². The van der Waals surface area contributed by atoms with Crippen molar-refractivity contribution in [2.45, 2.75) is 26.9 Å². The Morgan fingerprint density at radius 3 is 2.73 bits per heavy atom. The number of fused-ring (bicyclic) bond motifs is 1. The molecule has 0 fully saturated rings. The molecule has 3 aromatic rings. The maximum atomic E-state index is 6.41. The molecule has 0 amide bonds. The van der Waals surface area contributed by atoms with Crippen molar-refractivity contribution >= 4 is 22.5 Å². The number of nitrogens with one attached hydrogen (secondary N) is 1. The van der Waals surface area contributed by atoms with Crippen molar-refractivity contribution in [1.29, 1.82) is 0 Å². The Morgan fingerprint density at radius 2 is 2.00 bits per heavy atom. The Morgan fingerprint density at radius 1 is 1.18 bits per heavy atom. The quantitative estimate of drug-likeness (QED) is 0.749. The monoisotopic (exact) mass is 315 g/mol. The van der Waals surface area contributed by atoms with Crippen LogP contribution in [0.4, 0.5) is 0 Å². The van der Waals surface area contributed by atoms with E-state index in [2.05, 4.69) is 44.1 Å². The van der Waals surface area contributed by atoms with E-state index in [1.54, 1.807) is 6.26 Å². The molecule has 1 atom stereocenters. The fourth-order valence-corrected chi connectivity index (χ4v) is 2.93. The second-order valence-corrected chi connectivity index (χ2v) is 6.27. The third-order valence-electron chi connectivity index (χ3n) is 4.09. The number of hydrogen-bond donors (Lipinski definition) is 1. The third kappa shape index (κ3) is 3.01. The standard InChI is InChI=1S/C18H19ClN2O/c1-12-6-7-14-9-15(18(19)20-17(14)13(12)2)10-21(3)11-16-5-4-8-22-16/h4-9H,10-11H2,1-3H3/p+1. The van der Waals surface area contributed by atoms with Gasteiger partial charge in [-0.1, -0.05) is 23.7 Å². The number of rotatable bonds is 4. The lowest BCUT2D eigenvalue weighted by Gasteiger charge is -2.14. The van der Waals surface area contributed by atoms with Gasteiger partial charge in [-0.05, 0) is 43.2 Å². The highest BCUT2D eigenvalue weighted by atomic mass is 35.5. The molecular formula is C18H20ClN2O+. The number of aromatic nitrogens is 1. The van der Waals surface area contributed by atoms with Gasteiger partial charge in [0.1, 0.15) is 18.2 Å². The summed E-state index contributed by atoms with van der Waals surface area (Å²) in [4.78, 5) is 5.92. The Kier molecular flexibility index (Phi) is 4.19. The molecule has 0 radical (unpaired) electrons. The highest BCUT2D eigenvalue weighted by molar-refractivity contribution is 6.30. The van der Waals surface area contributed by atoms with Gasteiger partial charge in [-0.3, -0.25) is 0 Å². The van der Waals surface area contributed by atoms with Crippen molar-refractivity contribution < 1.29 is 9.32 Å². The molecular weight excluding hydrogens is 296 g/mol. The van der Waals surface area contributed by atoms with Crippen molar-refractivity contribution in [1.82, 2.24) is 4.98 Å². The van der Waals surface area contributed by atoms with Crippen molar-refractivity contribution in [3.8, 4) is 0 Å². The largest absolute Gasteiger partial charge is 0.463 e. The average molecular weight is 316 g/mol. The van der Waals surface area contributed by atoms with Gasteiger partial charge in [0, 0.05) is 10.9 Å². The van der Waals surface area contributed by atoms with Crippen LogP contribution in [0.3, 0.4) is 0 Å². The summed E-state index contributed by atoms with van der Waals surface area (Å²) in [5.74, 6) is 0.980. The fourth-order valence-electron chi connectivity index (χ4n) is 2.73. The van der Waals surface area contributed by atoms with Gasteiger partial charge in [-0.2, -0.15) is 0 Å². The predicted molar refractivity (Wildman–Crippen MR) is 89.2 cm³/mol. The molecule has 1 unspecified atom stereocenters. The zero-order valence-corrected chi connectivity index (χ0v) is 13.9. The van der Waals surface area contributed by atoms with E-state index in [-0.39, 0.29) is 0 Å². The zero-order chi connectivity index (χ0) is 15.7. The summed E-state index contributed by atoms with van der Waals surface area (Å²) in [6.07, 6.45) is 1.71. The lowest BCUT2D eigenvalue weighted by Crippen LogP contribution is -3.06. The van der Waals surface area contributed by atoms with Crippen molar-refractivity contribution in [2.75, 3.05) is 7.05 Å². The van der Waals surface area contributed by atoms with Crippen LogP contribution in [0.15, 0.2) is 41.0 Å². The van der Waals surface area contributed by atoms with Crippen LogP contribution in [0, 0.1) is 13.8 Å². The number of halogens is 1. The summed E-state index contributed by atoms with van der Waals surface area (Å²) in [6.45, 7) is 5.83. The first-order chi connectivity index (χ1) is 10.5. The number of pyridine rings is 1. The summed E-state index contributed by atoms with van der Waals surface area (Å²) in [5, 5.41) is 1.74. The van der Waals surface area contributed by atoms with E-state index in [0.717, 1.165) is 35.3 Å². The minimum atomic E-state index is 0.597. The Balaban J connectivity index is 1.87. The first-order valence-electron chi connectivity index (χ1n) is 7.43. The van der Waals surface area contributed by atoms with Gasteiger partial charge >= 0.3 is 0 Å². The van der Waals surface area contributed by atoms with E-state index in [0.29, 0.717) is 5.15 Å². The lowest BCUT2D eigenvalue weighted by atomic mass is 10.0. The molecule has 1 N–H and O–H groups in total. The van der Waals surface area contributed by atoms with Gasteiger partial charge in [-0.25, -0.2) is 4.98 Å². The normalized spacial score (nSPS) is 12.7. The first kappa shape index (κ1) is 15.1. The minimum absolute atomic E-state index is 0.597. The zero-order valence-electron chi connectivity index (χ0n) is 13.1. The number of aryl methyl sites for hydroxylation is 2. The second-order valence-electron chi connectivity index (χ2n) is 5.91. The molecule has 0 bridgehead atoms. The van der Waals surface area contributed by atoms with Crippen LogP contribution in [0.5, 0.6) is 0 Å². The van der Waals surface area contributed by atoms with Crippen LogP contribution in [0.2, 0.25) is 5.15 Å². The molecule has 0 aliphatic heterocycles. The predicted octanol–water partition coefficient (Wildman–Crippen LogP) is 3.31. The maximum Gasteiger partial charge on any atom is 0.157 e. The van der Waals surface area contributed by atoms with Gasteiger partial charge in [0.05, 0.1) is 18.8 Å². The highest BCUT2D eigenvalue weighted by Gasteiger charge is 2.13. The highest BCUT2D eigenvalue weighted by Crippen LogP contribution is 2.24. The third-order valence-corrected chi connectivity index (χ3v) is 4.41. The molecule has 4 heteroatoms. The van der Waals surface area contributed by atoms with Crippen molar-refractivity contribution in [3.63, 3.8) is 0 Å². The van der Waals surface area contributed by atoms with Crippen LogP contribution in [-0.2, 0) is 13.1 Å². The van der Waals surface area contributed by atoms with Crippen LogP contribution in [-0.4, -0.2) is 12.0 Å². The van der Waals surface area contributed by atoms with Gasteiger partial charge in [0.2, 0.25) is 0 Å². The molecule has 22 heavy (non-hydrogen) atoms. The van der Waals surface area contributed by atoms with Crippen LogP contribution >= 0.6 is 11.6 Å². The van der Waals surface area contributed by atoms with E-state index in [9.17, 15) is 0 Å². The Bertz CT molecular complexity index is 796. The Hall–Kier alpha value is -1.84. The number of hydrogen-bond acceptors (Lipinski definition) is 2.